The van der Waals surface area contributed by atoms with Crippen LogP contribution >= 0.6 is 0 Å². The highest BCUT2D eigenvalue weighted by Crippen LogP contribution is 2.43. The number of imidazole rings is 1. The van der Waals surface area contributed by atoms with Crippen molar-refractivity contribution in [3.8, 4) is 0 Å². The zero-order valence-corrected chi connectivity index (χ0v) is 16.6. The number of nitrogens with one attached hydrogen (secondary N) is 1. The first-order chi connectivity index (χ1) is 13.5. The van der Waals surface area contributed by atoms with E-state index in [4.69, 9.17) is 0 Å². The van der Waals surface area contributed by atoms with Crippen LogP contribution in [-0.4, -0.2) is 32.6 Å². The molecule has 6 heteroatoms. The Kier molecular flexibility index (Phi) is 4.71. The molecule has 0 unspecified atom stereocenters. The van der Waals surface area contributed by atoms with Crippen molar-refractivity contribution in [3.05, 3.63) is 47.5 Å². The van der Waals surface area contributed by atoms with E-state index < -0.39 is 5.41 Å². The average Bonchev–Trinajstić information content (AvgIpc) is 3.18. The summed E-state index contributed by atoms with van der Waals surface area (Å²) in [6.07, 6.45) is 8.70. The molecule has 1 amide bonds. The van der Waals surface area contributed by atoms with Crippen LogP contribution < -0.4 is 4.90 Å². The number of H-pyrrole nitrogens is 1. The molecule has 144 valence electrons. The molecule has 6 nitrogen and oxygen atoms in total. The van der Waals surface area contributed by atoms with Crippen LogP contribution in [0.2, 0.25) is 0 Å². The van der Waals surface area contributed by atoms with E-state index in [1.807, 2.05) is 49.1 Å². The molecule has 0 fully saturated rings. The summed E-state index contributed by atoms with van der Waals surface area (Å²) in [5, 5.41) is 7.92. The number of benzene rings is 1. The van der Waals surface area contributed by atoms with Crippen molar-refractivity contribution < 1.29 is 4.79 Å². The smallest absolute Gasteiger partial charge is 0.237 e. The van der Waals surface area contributed by atoms with Crippen molar-refractivity contribution in [2.24, 2.45) is 0 Å². The van der Waals surface area contributed by atoms with Gasteiger partial charge in [-0.25, -0.2) is 4.98 Å². The molecule has 0 atom stereocenters. The summed E-state index contributed by atoms with van der Waals surface area (Å²) in [6, 6.07) is 7.86. The molecule has 3 heterocycles. The van der Waals surface area contributed by atoms with E-state index in [0.717, 1.165) is 59.6 Å². The molecule has 1 aliphatic rings. The van der Waals surface area contributed by atoms with Crippen LogP contribution in [0.3, 0.4) is 0 Å². The van der Waals surface area contributed by atoms with E-state index in [1.165, 1.54) is 0 Å². The van der Waals surface area contributed by atoms with Crippen molar-refractivity contribution in [2.45, 2.75) is 45.4 Å². The number of anilines is 1. The lowest BCUT2D eigenvalue weighted by Gasteiger charge is -2.20. The van der Waals surface area contributed by atoms with Gasteiger partial charge in [-0.1, -0.05) is 19.8 Å². The number of amides is 1. The Morgan fingerprint density at radius 3 is 2.82 bits per heavy atom. The number of carbonyl (C=O) groups excluding carboxylic acids is 1. The molecule has 1 aromatic carbocycles. The molecule has 1 aliphatic heterocycles. The van der Waals surface area contributed by atoms with Gasteiger partial charge in [0.15, 0.2) is 0 Å². The molecule has 0 saturated carbocycles. The Hall–Kier alpha value is -3.02. The van der Waals surface area contributed by atoms with E-state index >= 15 is 0 Å². The predicted octanol–water partition coefficient (Wildman–Crippen LogP) is 4.34. The Morgan fingerprint density at radius 2 is 2.07 bits per heavy atom. The quantitative estimate of drug-likeness (QED) is 0.651. The predicted molar refractivity (Wildman–Crippen MR) is 112 cm³/mol. The second-order valence-corrected chi connectivity index (χ2v) is 7.78. The zero-order chi connectivity index (χ0) is 19.7. The maximum absolute atomic E-state index is 13.0. The Morgan fingerprint density at radius 1 is 1.21 bits per heavy atom. The lowest BCUT2D eigenvalue weighted by atomic mass is 9.86. The van der Waals surface area contributed by atoms with Gasteiger partial charge in [-0.3, -0.25) is 4.79 Å². The number of aromatic nitrogens is 4. The molecule has 0 radical (unpaired) electrons. The summed E-state index contributed by atoms with van der Waals surface area (Å²) in [7, 11) is 0. The molecular formula is C22H25N5O. The number of carbonyl (C=O) groups is 1. The van der Waals surface area contributed by atoms with E-state index in [9.17, 15) is 4.79 Å². The lowest BCUT2D eigenvalue weighted by Crippen LogP contribution is -2.36. The third-order valence-corrected chi connectivity index (χ3v) is 5.35. The number of hydrogen-bond donors (Lipinski definition) is 1. The van der Waals surface area contributed by atoms with Crippen LogP contribution in [0, 0.1) is 0 Å². The van der Waals surface area contributed by atoms with E-state index in [-0.39, 0.29) is 5.91 Å². The molecule has 1 N–H and O–H groups in total. The highest BCUT2D eigenvalue weighted by molar-refractivity contribution is 6.09. The fraction of sp³-hybridized carbons (Fsp3) is 0.364. The molecule has 28 heavy (non-hydrogen) atoms. The minimum atomic E-state index is -0.517. The summed E-state index contributed by atoms with van der Waals surface area (Å²) >= 11 is 0. The third kappa shape index (κ3) is 3.19. The SMILES string of the molecule is CCCCCN1C(=O)C(C)(C)c2cc3[nH]c(C=Cc4cccnn4)nc3cc21. The molecular weight excluding hydrogens is 350 g/mol. The fourth-order valence-electron chi connectivity index (χ4n) is 3.74. The Balaban J connectivity index is 1.69. The van der Waals surface area contributed by atoms with Crippen molar-refractivity contribution in [1.29, 1.82) is 0 Å². The van der Waals surface area contributed by atoms with Gasteiger partial charge in [0.2, 0.25) is 5.91 Å². The molecule has 0 spiro atoms. The van der Waals surface area contributed by atoms with Crippen LogP contribution in [0.5, 0.6) is 0 Å². The molecule has 3 aromatic rings. The zero-order valence-electron chi connectivity index (χ0n) is 16.6. The topological polar surface area (TPSA) is 74.8 Å². The average molecular weight is 375 g/mol. The minimum absolute atomic E-state index is 0.175. The van der Waals surface area contributed by atoms with E-state index in [1.54, 1.807) is 6.20 Å². The van der Waals surface area contributed by atoms with Gasteiger partial charge in [-0.2, -0.15) is 10.2 Å². The fourth-order valence-corrected chi connectivity index (χ4v) is 3.74. The van der Waals surface area contributed by atoms with Gasteiger partial charge in [0.25, 0.3) is 0 Å². The van der Waals surface area contributed by atoms with Gasteiger partial charge in [-0.05, 0) is 62.2 Å². The van der Waals surface area contributed by atoms with Crippen molar-refractivity contribution in [2.75, 3.05) is 11.4 Å². The van der Waals surface area contributed by atoms with Gasteiger partial charge in [0.1, 0.15) is 5.82 Å². The monoisotopic (exact) mass is 375 g/mol. The van der Waals surface area contributed by atoms with Gasteiger partial charge < -0.3 is 9.88 Å². The largest absolute Gasteiger partial charge is 0.338 e. The van der Waals surface area contributed by atoms with Crippen LogP contribution in [0.1, 0.15) is 57.1 Å². The molecule has 0 aliphatic carbocycles. The lowest BCUT2D eigenvalue weighted by molar-refractivity contribution is -0.122. The standard InChI is InChI=1S/C22H25N5O/c1-4-5-6-12-27-19-14-18-17(13-16(19)22(2,3)21(27)28)24-20(25-18)10-9-15-8-7-11-23-26-15/h7-11,13-14H,4-6,12H2,1-3H3,(H,24,25). The number of hydrogen-bond acceptors (Lipinski definition) is 4. The van der Waals surface area contributed by atoms with E-state index in [0.29, 0.717) is 0 Å². The number of aromatic amines is 1. The van der Waals surface area contributed by atoms with Crippen molar-refractivity contribution in [1.82, 2.24) is 20.2 Å². The maximum Gasteiger partial charge on any atom is 0.237 e. The van der Waals surface area contributed by atoms with Crippen LogP contribution in [0.4, 0.5) is 5.69 Å². The number of fused-ring (bicyclic) bond motifs is 2. The first kappa shape index (κ1) is 18.3. The Bertz CT molecular complexity index is 1040. The summed E-state index contributed by atoms with van der Waals surface area (Å²) in [5.74, 6) is 0.931. The summed E-state index contributed by atoms with van der Waals surface area (Å²) < 4.78 is 0. The molecule has 0 saturated heterocycles. The van der Waals surface area contributed by atoms with Gasteiger partial charge >= 0.3 is 0 Å². The first-order valence-corrected chi connectivity index (χ1v) is 9.82. The second kappa shape index (κ2) is 7.19. The molecule has 4 rings (SSSR count). The van der Waals surface area contributed by atoms with Crippen LogP contribution in [-0.2, 0) is 10.2 Å². The van der Waals surface area contributed by atoms with Gasteiger partial charge in [-0.15, -0.1) is 0 Å². The molecule has 2 aromatic heterocycles. The highest BCUT2D eigenvalue weighted by Gasteiger charge is 2.43. The van der Waals surface area contributed by atoms with Gasteiger partial charge in [0, 0.05) is 12.7 Å². The first-order valence-electron chi connectivity index (χ1n) is 9.82. The van der Waals surface area contributed by atoms with Gasteiger partial charge in [0.05, 0.1) is 27.8 Å². The van der Waals surface area contributed by atoms with Crippen LogP contribution in [0.15, 0.2) is 30.5 Å². The number of unbranched alkanes of at least 4 members (excludes halogenated alkanes) is 2. The van der Waals surface area contributed by atoms with Crippen molar-refractivity contribution >= 4 is 34.8 Å². The summed E-state index contributed by atoms with van der Waals surface area (Å²) in [5.41, 5.74) is 4.12. The highest BCUT2D eigenvalue weighted by atomic mass is 16.2. The third-order valence-electron chi connectivity index (χ3n) is 5.35. The normalized spacial score (nSPS) is 15.7. The number of nitrogens with zero attached hydrogens (tertiary/aromatic N) is 4. The van der Waals surface area contributed by atoms with Crippen molar-refractivity contribution in [3.63, 3.8) is 0 Å². The molecule has 0 bridgehead atoms. The van der Waals surface area contributed by atoms with E-state index in [2.05, 4.69) is 33.2 Å². The Labute approximate surface area is 164 Å². The minimum Gasteiger partial charge on any atom is -0.338 e. The number of rotatable bonds is 6. The second-order valence-electron chi connectivity index (χ2n) is 7.78. The summed E-state index contributed by atoms with van der Waals surface area (Å²) in [6.45, 7) is 6.95. The maximum atomic E-state index is 13.0. The van der Waals surface area contributed by atoms with Crippen LogP contribution in [0.25, 0.3) is 23.2 Å². The summed E-state index contributed by atoms with van der Waals surface area (Å²) in [4.78, 5) is 22.9.